The first-order valence-electron chi connectivity index (χ1n) is 8.45. The molecule has 2 aromatic carbocycles. The first kappa shape index (κ1) is 20.2. The molecule has 0 spiro atoms. The molecule has 1 atom stereocenters. The summed E-state index contributed by atoms with van der Waals surface area (Å²) in [7, 11) is -3.10. The number of benzene rings is 2. The van der Waals surface area contributed by atoms with Crippen LogP contribution in [-0.2, 0) is 21.2 Å². The Morgan fingerprint density at radius 1 is 1.22 bits per heavy atom. The number of rotatable bonds is 6. The lowest BCUT2D eigenvalue weighted by molar-refractivity contribution is -0.136. The minimum Gasteiger partial charge on any atom is -0.484 e. The van der Waals surface area contributed by atoms with E-state index in [1.54, 1.807) is 29.2 Å². The number of nitrogens with zero attached hydrogens (tertiary/aromatic N) is 1. The van der Waals surface area contributed by atoms with Crippen molar-refractivity contribution in [2.45, 2.75) is 19.0 Å². The maximum atomic E-state index is 12.8. The van der Waals surface area contributed by atoms with E-state index in [-0.39, 0.29) is 30.1 Å². The topological polar surface area (TPSA) is 63.7 Å². The third-order valence-corrected chi connectivity index (χ3v) is 6.88. The van der Waals surface area contributed by atoms with Crippen molar-refractivity contribution in [2.24, 2.45) is 0 Å². The van der Waals surface area contributed by atoms with E-state index in [9.17, 15) is 13.2 Å². The predicted molar refractivity (Wildman–Crippen MR) is 109 cm³/mol. The number of amides is 1. The van der Waals surface area contributed by atoms with Crippen LogP contribution in [0.4, 0.5) is 0 Å². The summed E-state index contributed by atoms with van der Waals surface area (Å²) in [5.74, 6) is 0.396. The number of hydrogen-bond donors (Lipinski definition) is 0. The largest absolute Gasteiger partial charge is 0.484 e. The molecule has 0 radical (unpaired) electrons. The summed E-state index contributed by atoms with van der Waals surface area (Å²) in [5.41, 5.74) is 0.925. The fraction of sp³-hybridized carbons (Fsp3) is 0.316. The average Bonchev–Trinajstić information content (AvgIpc) is 2.98. The van der Waals surface area contributed by atoms with E-state index in [1.165, 1.54) is 0 Å². The highest BCUT2D eigenvalue weighted by Crippen LogP contribution is 2.22. The fourth-order valence-corrected chi connectivity index (χ4v) is 5.34. The molecule has 1 aliphatic rings. The first-order valence-corrected chi connectivity index (χ1v) is 11.4. The van der Waals surface area contributed by atoms with Crippen LogP contribution < -0.4 is 4.74 Å². The molecule has 0 saturated carbocycles. The van der Waals surface area contributed by atoms with Crippen molar-refractivity contribution in [1.29, 1.82) is 0 Å². The highest BCUT2D eigenvalue weighted by molar-refractivity contribution is 9.10. The number of halogens is 2. The molecule has 2 aromatic rings. The van der Waals surface area contributed by atoms with Crippen molar-refractivity contribution in [2.75, 3.05) is 18.1 Å². The van der Waals surface area contributed by atoms with Gasteiger partial charge in [-0.15, -0.1) is 0 Å². The zero-order valence-electron chi connectivity index (χ0n) is 14.5. The lowest BCUT2D eigenvalue weighted by atomic mass is 10.1. The van der Waals surface area contributed by atoms with Crippen LogP contribution >= 0.6 is 27.5 Å². The van der Waals surface area contributed by atoms with Crippen molar-refractivity contribution < 1.29 is 17.9 Å². The molecule has 1 saturated heterocycles. The van der Waals surface area contributed by atoms with Crippen molar-refractivity contribution in [3.05, 3.63) is 63.6 Å². The lowest BCUT2D eigenvalue weighted by Gasteiger charge is -2.28. The van der Waals surface area contributed by atoms with Crippen LogP contribution in [0.5, 0.6) is 5.75 Å². The van der Waals surface area contributed by atoms with Gasteiger partial charge in [0.25, 0.3) is 5.91 Å². The lowest BCUT2D eigenvalue weighted by Crippen LogP contribution is -2.43. The van der Waals surface area contributed by atoms with Gasteiger partial charge in [0.05, 0.1) is 11.5 Å². The quantitative estimate of drug-likeness (QED) is 0.643. The number of hydrogen-bond acceptors (Lipinski definition) is 4. The van der Waals surface area contributed by atoms with Crippen molar-refractivity contribution in [1.82, 2.24) is 4.90 Å². The van der Waals surface area contributed by atoms with Gasteiger partial charge in [0.1, 0.15) is 5.75 Å². The van der Waals surface area contributed by atoms with E-state index < -0.39 is 9.84 Å². The molecule has 5 nitrogen and oxygen atoms in total. The average molecular weight is 473 g/mol. The van der Waals surface area contributed by atoms with Gasteiger partial charge in [-0.3, -0.25) is 4.79 Å². The van der Waals surface area contributed by atoms with Crippen LogP contribution in [0.25, 0.3) is 0 Å². The van der Waals surface area contributed by atoms with E-state index in [4.69, 9.17) is 16.3 Å². The Morgan fingerprint density at radius 2 is 1.96 bits per heavy atom. The molecule has 1 heterocycles. The molecule has 1 aliphatic heterocycles. The molecule has 144 valence electrons. The van der Waals surface area contributed by atoms with E-state index in [0.717, 1.165) is 10.0 Å². The van der Waals surface area contributed by atoms with Gasteiger partial charge in [-0.2, -0.15) is 0 Å². The monoisotopic (exact) mass is 471 g/mol. The summed E-state index contributed by atoms with van der Waals surface area (Å²) in [6.07, 6.45) is 0.447. The Hall–Kier alpha value is -1.57. The Bertz CT molecular complexity index is 918. The molecule has 0 bridgehead atoms. The van der Waals surface area contributed by atoms with Crippen LogP contribution in [-0.4, -0.2) is 43.4 Å². The maximum Gasteiger partial charge on any atom is 0.261 e. The standard InChI is InChI=1S/C19H19BrClNO4S/c20-15-3-1-2-14(10-15)11-22(17-8-9-27(24,25)13-17)19(23)12-26-18-6-4-16(21)5-7-18/h1-7,10,17H,8-9,11-13H2. The first-order chi connectivity index (χ1) is 12.8. The summed E-state index contributed by atoms with van der Waals surface area (Å²) in [4.78, 5) is 14.5. The second kappa shape index (κ2) is 8.63. The van der Waals surface area contributed by atoms with Crippen LogP contribution in [0.2, 0.25) is 5.02 Å². The number of sulfone groups is 1. The van der Waals surface area contributed by atoms with E-state index in [1.807, 2.05) is 24.3 Å². The molecular formula is C19H19BrClNO4S. The molecule has 0 N–H and O–H groups in total. The van der Waals surface area contributed by atoms with Crippen molar-refractivity contribution in [3.8, 4) is 5.75 Å². The van der Waals surface area contributed by atoms with Gasteiger partial charge in [-0.05, 0) is 48.4 Å². The number of carbonyl (C=O) groups excluding carboxylic acids is 1. The molecule has 0 aliphatic carbocycles. The summed E-state index contributed by atoms with van der Waals surface area (Å²) >= 11 is 9.27. The Balaban J connectivity index is 1.73. The van der Waals surface area contributed by atoms with Gasteiger partial charge in [-0.25, -0.2) is 8.42 Å². The fourth-order valence-electron chi connectivity index (χ4n) is 3.03. The van der Waals surface area contributed by atoms with Gasteiger partial charge >= 0.3 is 0 Å². The molecule has 8 heteroatoms. The minimum absolute atomic E-state index is 0.00626. The third kappa shape index (κ3) is 5.70. The van der Waals surface area contributed by atoms with E-state index in [2.05, 4.69) is 15.9 Å². The van der Waals surface area contributed by atoms with Gasteiger partial charge in [-0.1, -0.05) is 39.7 Å². The Kier molecular flexibility index (Phi) is 6.44. The molecule has 3 rings (SSSR count). The molecular weight excluding hydrogens is 454 g/mol. The zero-order chi connectivity index (χ0) is 19.4. The summed E-state index contributed by atoms with van der Waals surface area (Å²) in [6.45, 7) is 0.175. The highest BCUT2D eigenvalue weighted by Gasteiger charge is 2.34. The third-order valence-electron chi connectivity index (χ3n) is 4.39. The van der Waals surface area contributed by atoms with Crippen LogP contribution in [0, 0.1) is 0 Å². The second-order valence-electron chi connectivity index (χ2n) is 6.45. The van der Waals surface area contributed by atoms with Gasteiger partial charge < -0.3 is 9.64 Å². The molecule has 1 amide bonds. The van der Waals surface area contributed by atoms with Gasteiger partial charge in [0.15, 0.2) is 16.4 Å². The van der Waals surface area contributed by atoms with Crippen LogP contribution in [0.15, 0.2) is 53.0 Å². The van der Waals surface area contributed by atoms with Crippen LogP contribution in [0.3, 0.4) is 0 Å². The highest BCUT2D eigenvalue weighted by atomic mass is 79.9. The zero-order valence-corrected chi connectivity index (χ0v) is 17.6. The normalized spacial score (nSPS) is 18.2. The summed E-state index contributed by atoms with van der Waals surface area (Å²) in [5, 5.41) is 0.584. The van der Waals surface area contributed by atoms with Crippen LogP contribution in [0.1, 0.15) is 12.0 Å². The smallest absolute Gasteiger partial charge is 0.261 e. The number of ether oxygens (including phenoxy) is 1. The molecule has 1 unspecified atom stereocenters. The van der Waals surface area contributed by atoms with Gasteiger partial charge in [0.2, 0.25) is 0 Å². The molecule has 27 heavy (non-hydrogen) atoms. The Morgan fingerprint density at radius 3 is 2.59 bits per heavy atom. The predicted octanol–water partition coefficient (Wildman–Crippen LogP) is 3.70. The summed E-state index contributed by atoms with van der Waals surface area (Å²) < 4.78 is 30.3. The SMILES string of the molecule is O=C(COc1ccc(Cl)cc1)N(Cc1cccc(Br)c1)C1CCS(=O)(=O)C1. The Labute approximate surface area is 172 Å². The van der Waals surface area contributed by atoms with Crippen molar-refractivity contribution >= 4 is 43.3 Å². The molecule has 0 aromatic heterocycles. The van der Waals surface area contributed by atoms with Gasteiger partial charge in [0, 0.05) is 22.1 Å². The number of carbonyl (C=O) groups is 1. The van der Waals surface area contributed by atoms with E-state index in [0.29, 0.717) is 23.7 Å². The maximum absolute atomic E-state index is 12.8. The summed E-state index contributed by atoms with van der Waals surface area (Å²) in [6, 6.07) is 14.0. The van der Waals surface area contributed by atoms with E-state index >= 15 is 0 Å². The minimum atomic E-state index is -3.10. The second-order valence-corrected chi connectivity index (χ2v) is 10.0. The van der Waals surface area contributed by atoms with Crippen molar-refractivity contribution in [3.63, 3.8) is 0 Å². The molecule has 1 fully saturated rings.